The zero-order chi connectivity index (χ0) is 15.7. The van der Waals surface area contributed by atoms with E-state index in [2.05, 4.69) is 10.1 Å². The van der Waals surface area contributed by atoms with E-state index in [4.69, 9.17) is 5.84 Å². The third kappa shape index (κ3) is 3.53. The predicted molar refractivity (Wildman–Crippen MR) is 82.5 cm³/mol. The second-order valence-corrected chi connectivity index (χ2v) is 8.64. The molecule has 0 bridgehead atoms. The lowest BCUT2D eigenvalue weighted by molar-refractivity contribution is 0.600. The number of nitrogen functional groups attached to an aromatic ring is 1. The Morgan fingerprint density at radius 1 is 1.14 bits per heavy atom. The van der Waals surface area contributed by atoms with Crippen LogP contribution >= 0.6 is 11.3 Å². The molecule has 0 saturated heterocycles. The second kappa shape index (κ2) is 5.64. The fourth-order valence-corrected chi connectivity index (χ4v) is 4.24. The molecule has 0 aliphatic heterocycles. The average Bonchev–Trinajstić information content (AvgIpc) is 2.89. The number of sulfonamides is 1. The van der Waals surface area contributed by atoms with E-state index < -0.39 is 19.9 Å². The summed E-state index contributed by atoms with van der Waals surface area (Å²) in [5.41, 5.74) is 2.75. The molecule has 0 atom stereocenters. The zero-order valence-corrected chi connectivity index (χ0v) is 13.3. The van der Waals surface area contributed by atoms with Gasteiger partial charge in [0.15, 0.2) is 9.84 Å². The van der Waals surface area contributed by atoms with Crippen molar-refractivity contribution in [3.63, 3.8) is 0 Å². The first-order valence-corrected chi connectivity index (χ1v) is 9.91. The smallest absolute Gasteiger partial charge is 0.264 e. The number of nitrogens with one attached hydrogen (secondary N) is 2. The van der Waals surface area contributed by atoms with Gasteiger partial charge in [-0.15, -0.1) is 0 Å². The van der Waals surface area contributed by atoms with Crippen LogP contribution in [-0.4, -0.2) is 23.1 Å². The van der Waals surface area contributed by atoms with Crippen molar-refractivity contribution in [2.75, 3.05) is 16.4 Å². The molecule has 0 aliphatic carbocycles. The number of hydrazine groups is 1. The molecule has 0 fully saturated rings. The molecule has 2 rings (SSSR count). The van der Waals surface area contributed by atoms with Crippen LogP contribution in [0.1, 0.15) is 0 Å². The fourth-order valence-electron chi connectivity index (χ4n) is 1.61. The van der Waals surface area contributed by atoms with E-state index in [0.717, 1.165) is 12.3 Å². The van der Waals surface area contributed by atoms with Gasteiger partial charge in [-0.05, 0) is 29.6 Å². The molecular formula is C11H13N3O4S3. The predicted octanol–water partition coefficient (Wildman–Crippen LogP) is 1.24. The molecule has 0 amide bonds. The second-order valence-electron chi connectivity index (χ2n) is 4.19. The Bertz CT molecular complexity index is 843. The van der Waals surface area contributed by atoms with E-state index in [1.54, 1.807) is 16.8 Å². The van der Waals surface area contributed by atoms with Crippen LogP contribution in [0.5, 0.6) is 0 Å². The zero-order valence-electron chi connectivity index (χ0n) is 10.9. The molecule has 0 unspecified atom stereocenters. The molecular weight excluding hydrogens is 334 g/mol. The number of sulfone groups is 1. The van der Waals surface area contributed by atoms with Crippen LogP contribution in [0.15, 0.2) is 44.8 Å². The van der Waals surface area contributed by atoms with Crippen LogP contribution in [0.3, 0.4) is 0 Å². The van der Waals surface area contributed by atoms with Gasteiger partial charge in [0, 0.05) is 11.6 Å². The fraction of sp³-hybridized carbons (Fsp3) is 0.0909. The maximum atomic E-state index is 12.4. The summed E-state index contributed by atoms with van der Waals surface area (Å²) in [6, 6.07) is 5.25. The van der Waals surface area contributed by atoms with Gasteiger partial charge in [-0.3, -0.25) is 10.6 Å². The quantitative estimate of drug-likeness (QED) is 0.553. The maximum absolute atomic E-state index is 12.4. The van der Waals surface area contributed by atoms with Gasteiger partial charge < -0.3 is 5.43 Å². The van der Waals surface area contributed by atoms with Crippen LogP contribution in [0.2, 0.25) is 0 Å². The first-order chi connectivity index (χ1) is 9.74. The van der Waals surface area contributed by atoms with Gasteiger partial charge >= 0.3 is 0 Å². The van der Waals surface area contributed by atoms with E-state index in [-0.39, 0.29) is 15.5 Å². The van der Waals surface area contributed by atoms with E-state index in [0.29, 0.717) is 5.69 Å². The third-order valence-electron chi connectivity index (χ3n) is 2.60. The minimum Gasteiger partial charge on any atom is -0.323 e. The van der Waals surface area contributed by atoms with Crippen LogP contribution in [0.4, 0.5) is 11.4 Å². The summed E-state index contributed by atoms with van der Waals surface area (Å²) < 4.78 is 50.2. The summed E-state index contributed by atoms with van der Waals surface area (Å²) in [4.78, 5) is -0.341. The van der Waals surface area contributed by atoms with Crippen molar-refractivity contribution < 1.29 is 16.8 Å². The van der Waals surface area contributed by atoms with Crippen molar-refractivity contribution in [2.24, 2.45) is 5.84 Å². The first-order valence-electron chi connectivity index (χ1n) is 5.60. The molecule has 10 heteroatoms. The van der Waals surface area contributed by atoms with Crippen molar-refractivity contribution in [3.05, 3.63) is 35.0 Å². The average molecular weight is 347 g/mol. The van der Waals surface area contributed by atoms with Gasteiger partial charge in [0.25, 0.3) is 10.0 Å². The van der Waals surface area contributed by atoms with Gasteiger partial charge in [-0.25, -0.2) is 16.8 Å². The van der Waals surface area contributed by atoms with E-state index in [1.807, 2.05) is 0 Å². The minimum absolute atomic E-state index is 0.102. The van der Waals surface area contributed by atoms with Crippen LogP contribution in [0.25, 0.3) is 0 Å². The highest BCUT2D eigenvalue weighted by Gasteiger charge is 2.21. The van der Waals surface area contributed by atoms with Gasteiger partial charge in [-0.1, -0.05) is 0 Å². The number of hydrogen-bond acceptors (Lipinski definition) is 7. The monoisotopic (exact) mass is 347 g/mol. The van der Waals surface area contributed by atoms with Crippen molar-refractivity contribution in [3.8, 4) is 0 Å². The number of anilines is 2. The molecule has 0 aliphatic rings. The first kappa shape index (κ1) is 15.8. The minimum atomic E-state index is -3.96. The highest BCUT2D eigenvalue weighted by atomic mass is 32.2. The van der Waals surface area contributed by atoms with E-state index in [1.165, 1.54) is 23.5 Å². The van der Waals surface area contributed by atoms with Gasteiger partial charge in [-0.2, -0.15) is 11.3 Å². The molecule has 1 aromatic heterocycles. The van der Waals surface area contributed by atoms with Gasteiger partial charge in [0.1, 0.15) is 4.90 Å². The Labute approximate surface area is 126 Å². The van der Waals surface area contributed by atoms with Crippen LogP contribution in [0, 0.1) is 0 Å². The SMILES string of the molecule is CS(=O)(=O)c1ccc(NN)c(S(=O)(=O)Nc2ccsc2)c1. The Kier molecular flexibility index (Phi) is 4.23. The van der Waals surface area contributed by atoms with Crippen LogP contribution in [-0.2, 0) is 19.9 Å². The summed E-state index contributed by atoms with van der Waals surface area (Å²) in [5, 5.41) is 3.33. The molecule has 1 heterocycles. The summed E-state index contributed by atoms with van der Waals surface area (Å²) in [5.74, 6) is 5.29. The maximum Gasteiger partial charge on any atom is 0.264 e. The number of rotatable bonds is 5. The highest BCUT2D eigenvalue weighted by molar-refractivity contribution is 7.93. The molecule has 0 spiro atoms. The van der Waals surface area contributed by atoms with Crippen molar-refractivity contribution in [2.45, 2.75) is 9.79 Å². The number of nitrogens with two attached hydrogens (primary N) is 1. The summed E-state index contributed by atoms with van der Waals surface area (Å²) >= 11 is 1.33. The topological polar surface area (TPSA) is 118 Å². The van der Waals surface area contributed by atoms with E-state index in [9.17, 15) is 16.8 Å². The summed E-state index contributed by atoms with van der Waals surface area (Å²) in [6.07, 6.45) is 1.00. The Morgan fingerprint density at radius 3 is 2.38 bits per heavy atom. The number of thiophene rings is 1. The normalized spacial score (nSPS) is 12.1. The molecule has 2 aromatic rings. The molecule has 1 aromatic carbocycles. The Morgan fingerprint density at radius 2 is 1.86 bits per heavy atom. The molecule has 0 radical (unpaired) electrons. The van der Waals surface area contributed by atoms with Crippen LogP contribution < -0.4 is 16.0 Å². The lowest BCUT2D eigenvalue weighted by Crippen LogP contribution is -2.18. The molecule has 7 nitrogen and oxygen atoms in total. The van der Waals surface area contributed by atoms with Gasteiger partial charge in [0.2, 0.25) is 0 Å². The van der Waals surface area contributed by atoms with E-state index >= 15 is 0 Å². The third-order valence-corrected chi connectivity index (χ3v) is 5.81. The van der Waals surface area contributed by atoms with Crippen molar-refractivity contribution in [1.82, 2.24) is 0 Å². The van der Waals surface area contributed by atoms with Crippen molar-refractivity contribution >= 4 is 42.6 Å². The summed E-state index contributed by atoms with van der Waals surface area (Å²) in [7, 11) is -7.49. The number of benzene rings is 1. The summed E-state index contributed by atoms with van der Waals surface area (Å²) in [6.45, 7) is 0. The Hall–Kier alpha value is -1.62. The standard InChI is InChI=1S/C11H13N3O4S3/c1-20(15,16)9-2-3-10(13-12)11(6-9)21(17,18)14-8-4-5-19-7-8/h2-7,13-14H,12H2,1H3. The lowest BCUT2D eigenvalue weighted by Gasteiger charge is -2.12. The molecule has 21 heavy (non-hydrogen) atoms. The Balaban J connectivity index is 2.55. The highest BCUT2D eigenvalue weighted by Crippen LogP contribution is 2.27. The van der Waals surface area contributed by atoms with Crippen molar-refractivity contribution in [1.29, 1.82) is 0 Å². The van der Waals surface area contributed by atoms with Gasteiger partial charge in [0.05, 0.1) is 16.3 Å². The largest absolute Gasteiger partial charge is 0.323 e. The molecule has 114 valence electrons. The molecule has 0 saturated carbocycles. The molecule has 4 N–H and O–H groups in total. The lowest BCUT2D eigenvalue weighted by atomic mass is 10.3. The number of hydrogen-bond donors (Lipinski definition) is 3.